The molecule has 1 amide bonds. The molecule has 86 valence electrons. The Morgan fingerprint density at radius 1 is 1.31 bits per heavy atom. The third-order valence-electron chi connectivity index (χ3n) is 3.15. The summed E-state index contributed by atoms with van der Waals surface area (Å²) in [6.45, 7) is 5.02. The molecule has 1 aromatic carbocycles. The van der Waals surface area contributed by atoms with E-state index in [2.05, 4.69) is 13.8 Å². The summed E-state index contributed by atoms with van der Waals surface area (Å²) in [7, 11) is 1.64. The Labute approximate surface area is 96.0 Å². The second-order valence-electron chi connectivity index (χ2n) is 4.50. The van der Waals surface area contributed by atoms with E-state index >= 15 is 0 Å². The van der Waals surface area contributed by atoms with E-state index in [4.69, 9.17) is 4.74 Å². The molecule has 3 nitrogen and oxygen atoms in total. The van der Waals surface area contributed by atoms with Gasteiger partial charge in [-0.15, -0.1) is 0 Å². The molecule has 0 N–H and O–H groups in total. The Morgan fingerprint density at radius 2 is 1.94 bits per heavy atom. The highest BCUT2D eigenvalue weighted by molar-refractivity contribution is 6.01. The molecule has 1 aliphatic rings. The van der Waals surface area contributed by atoms with E-state index in [1.54, 1.807) is 7.11 Å². The van der Waals surface area contributed by atoms with Crippen molar-refractivity contribution < 1.29 is 9.53 Å². The molecule has 0 aliphatic carbocycles. The van der Waals surface area contributed by atoms with Crippen molar-refractivity contribution in [3.8, 4) is 5.75 Å². The van der Waals surface area contributed by atoms with Crippen LogP contribution in [-0.4, -0.2) is 19.6 Å². The summed E-state index contributed by atoms with van der Waals surface area (Å²) in [5.41, 5.74) is 0.961. The zero-order chi connectivity index (χ0) is 11.7. The lowest BCUT2D eigenvalue weighted by Gasteiger charge is -2.40. The van der Waals surface area contributed by atoms with Crippen molar-refractivity contribution in [1.29, 1.82) is 0 Å². The van der Waals surface area contributed by atoms with Gasteiger partial charge in [-0.1, -0.05) is 13.8 Å². The minimum atomic E-state index is 0.196. The Morgan fingerprint density at radius 3 is 2.38 bits per heavy atom. The zero-order valence-corrected chi connectivity index (χ0v) is 9.93. The zero-order valence-electron chi connectivity index (χ0n) is 9.93. The van der Waals surface area contributed by atoms with E-state index in [1.165, 1.54) is 0 Å². The molecule has 1 aromatic rings. The number of carbonyl (C=O) groups is 1. The number of benzene rings is 1. The molecule has 1 aliphatic heterocycles. The van der Waals surface area contributed by atoms with Crippen LogP contribution in [0.15, 0.2) is 24.3 Å². The van der Waals surface area contributed by atoms with E-state index in [1.807, 2.05) is 29.2 Å². The lowest BCUT2D eigenvalue weighted by atomic mass is 9.87. The molecule has 2 rings (SSSR count). The van der Waals surface area contributed by atoms with Crippen molar-refractivity contribution in [2.45, 2.75) is 13.8 Å². The first-order valence-electron chi connectivity index (χ1n) is 5.59. The average Bonchev–Trinajstić information content (AvgIpc) is 2.27. The average molecular weight is 219 g/mol. The smallest absolute Gasteiger partial charge is 0.232 e. The van der Waals surface area contributed by atoms with Crippen molar-refractivity contribution in [3.05, 3.63) is 24.3 Å². The summed E-state index contributed by atoms with van der Waals surface area (Å²) in [6, 6.07) is 7.61. The van der Waals surface area contributed by atoms with Crippen LogP contribution in [0, 0.1) is 11.8 Å². The maximum atomic E-state index is 11.9. The van der Waals surface area contributed by atoms with Gasteiger partial charge >= 0.3 is 0 Å². The van der Waals surface area contributed by atoms with Crippen molar-refractivity contribution in [3.63, 3.8) is 0 Å². The molecule has 0 spiro atoms. The summed E-state index contributed by atoms with van der Waals surface area (Å²) in [5, 5.41) is 0. The molecule has 16 heavy (non-hydrogen) atoms. The fourth-order valence-electron chi connectivity index (χ4n) is 1.94. The van der Waals surface area contributed by atoms with Gasteiger partial charge in [-0.2, -0.15) is 0 Å². The lowest BCUT2D eigenvalue weighted by molar-refractivity contribution is -0.128. The van der Waals surface area contributed by atoms with Crippen LogP contribution in [-0.2, 0) is 4.79 Å². The van der Waals surface area contributed by atoms with E-state index < -0.39 is 0 Å². The summed E-state index contributed by atoms with van der Waals surface area (Å²) in [5.74, 6) is 1.68. The van der Waals surface area contributed by atoms with E-state index in [0.717, 1.165) is 18.0 Å². The Balaban J connectivity index is 2.07. The third kappa shape index (κ3) is 1.77. The van der Waals surface area contributed by atoms with Crippen molar-refractivity contribution in [2.24, 2.45) is 11.8 Å². The first-order valence-corrected chi connectivity index (χ1v) is 5.59. The van der Waals surface area contributed by atoms with Crippen LogP contribution < -0.4 is 9.64 Å². The molecule has 1 unspecified atom stereocenters. The Bertz CT molecular complexity index is 383. The van der Waals surface area contributed by atoms with Crippen molar-refractivity contribution in [2.75, 3.05) is 18.6 Å². The second kappa shape index (κ2) is 4.16. The molecule has 1 saturated heterocycles. The van der Waals surface area contributed by atoms with Crippen LogP contribution >= 0.6 is 0 Å². The van der Waals surface area contributed by atoms with Gasteiger partial charge in [-0.05, 0) is 30.2 Å². The predicted molar refractivity (Wildman–Crippen MR) is 63.7 cm³/mol. The van der Waals surface area contributed by atoms with E-state index in [0.29, 0.717) is 5.92 Å². The number of amides is 1. The minimum absolute atomic E-state index is 0.196. The van der Waals surface area contributed by atoms with Gasteiger partial charge in [0.25, 0.3) is 0 Å². The highest BCUT2D eigenvalue weighted by atomic mass is 16.5. The highest BCUT2D eigenvalue weighted by Gasteiger charge is 2.39. The summed E-state index contributed by atoms with van der Waals surface area (Å²) < 4.78 is 5.08. The maximum absolute atomic E-state index is 11.9. The molecule has 1 atom stereocenters. The van der Waals surface area contributed by atoms with Gasteiger partial charge in [0.15, 0.2) is 0 Å². The van der Waals surface area contributed by atoms with Gasteiger partial charge in [-0.25, -0.2) is 0 Å². The van der Waals surface area contributed by atoms with Crippen LogP contribution in [0.25, 0.3) is 0 Å². The summed E-state index contributed by atoms with van der Waals surface area (Å²) in [4.78, 5) is 13.7. The molecule has 0 aromatic heterocycles. The molecule has 1 fully saturated rings. The fourth-order valence-corrected chi connectivity index (χ4v) is 1.94. The summed E-state index contributed by atoms with van der Waals surface area (Å²) >= 11 is 0. The SMILES string of the molecule is COc1ccc(N2CC(C(C)C)C2=O)cc1. The Kier molecular flexibility index (Phi) is 2.86. The van der Waals surface area contributed by atoms with Crippen molar-refractivity contribution >= 4 is 11.6 Å². The van der Waals surface area contributed by atoms with Crippen LogP contribution in [0.5, 0.6) is 5.75 Å². The van der Waals surface area contributed by atoms with Crippen LogP contribution in [0.2, 0.25) is 0 Å². The topological polar surface area (TPSA) is 29.5 Å². The largest absolute Gasteiger partial charge is 0.497 e. The second-order valence-corrected chi connectivity index (χ2v) is 4.50. The molecular formula is C13H17NO2. The number of hydrogen-bond donors (Lipinski definition) is 0. The van der Waals surface area contributed by atoms with Gasteiger partial charge < -0.3 is 9.64 Å². The number of β-lactam (4-membered cyclic amide) rings is 1. The monoisotopic (exact) mass is 219 g/mol. The minimum Gasteiger partial charge on any atom is -0.497 e. The number of hydrogen-bond acceptors (Lipinski definition) is 2. The maximum Gasteiger partial charge on any atom is 0.232 e. The molecule has 0 saturated carbocycles. The molecule has 1 heterocycles. The standard InChI is InChI=1S/C13H17NO2/c1-9(2)12-8-14(13(12)15)10-4-6-11(16-3)7-5-10/h4-7,9,12H,8H2,1-3H3. The van der Waals surface area contributed by atoms with Gasteiger partial charge in [-0.3, -0.25) is 4.79 Å². The fraction of sp³-hybridized carbons (Fsp3) is 0.462. The number of nitrogens with zero attached hydrogens (tertiary/aromatic N) is 1. The van der Waals surface area contributed by atoms with Crippen molar-refractivity contribution in [1.82, 2.24) is 0 Å². The summed E-state index contributed by atoms with van der Waals surface area (Å²) in [6.07, 6.45) is 0. The molecular weight excluding hydrogens is 202 g/mol. The van der Waals surface area contributed by atoms with Gasteiger partial charge in [0.2, 0.25) is 5.91 Å². The van der Waals surface area contributed by atoms with E-state index in [9.17, 15) is 4.79 Å². The molecule has 3 heteroatoms. The highest BCUT2D eigenvalue weighted by Crippen LogP contribution is 2.31. The predicted octanol–water partition coefficient (Wildman–Crippen LogP) is 2.31. The number of anilines is 1. The van der Waals surface area contributed by atoms with Gasteiger partial charge in [0.1, 0.15) is 5.75 Å². The third-order valence-corrected chi connectivity index (χ3v) is 3.15. The normalized spacial score (nSPS) is 19.9. The van der Waals surface area contributed by atoms with Crippen LogP contribution in [0.4, 0.5) is 5.69 Å². The quantitative estimate of drug-likeness (QED) is 0.730. The first-order chi connectivity index (χ1) is 7.63. The Hall–Kier alpha value is -1.51. The number of rotatable bonds is 3. The molecule has 0 bridgehead atoms. The van der Waals surface area contributed by atoms with Crippen LogP contribution in [0.3, 0.4) is 0 Å². The first kappa shape index (κ1) is 11.0. The van der Waals surface area contributed by atoms with Gasteiger partial charge in [0.05, 0.1) is 13.0 Å². The lowest BCUT2D eigenvalue weighted by Crippen LogP contribution is -2.54. The number of carbonyl (C=O) groups excluding carboxylic acids is 1. The van der Waals surface area contributed by atoms with Crippen LogP contribution in [0.1, 0.15) is 13.8 Å². The number of ether oxygens (including phenoxy) is 1. The van der Waals surface area contributed by atoms with Gasteiger partial charge in [0, 0.05) is 12.2 Å². The molecule has 0 radical (unpaired) electrons. The number of methoxy groups -OCH3 is 1. The van der Waals surface area contributed by atoms with E-state index in [-0.39, 0.29) is 11.8 Å².